The number of hydrogen-bond donors (Lipinski definition) is 2. The molecule has 7 nitrogen and oxygen atoms in total. The summed E-state index contributed by atoms with van der Waals surface area (Å²) in [6.45, 7) is 3.94. The summed E-state index contributed by atoms with van der Waals surface area (Å²) < 4.78 is 1.62. The first-order valence-corrected chi connectivity index (χ1v) is 8.97. The number of aromatic amines is 1. The van der Waals surface area contributed by atoms with E-state index in [1.165, 1.54) is 18.0 Å². The van der Waals surface area contributed by atoms with Crippen LogP contribution in [-0.4, -0.2) is 31.4 Å². The Bertz CT molecular complexity index is 1040. The Balaban J connectivity index is 1.58. The quantitative estimate of drug-likeness (QED) is 0.704. The zero-order valence-corrected chi connectivity index (χ0v) is 14.7. The zero-order valence-electron chi connectivity index (χ0n) is 13.9. The van der Waals surface area contributed by atoms with Crippen molar-refractivity contribution in [3.05, 3.63) is 45.9 Å². The lowest BCUT2D eigenvalue weighted by Gasteiger charge is -2.14. The first-order chi connectivity index (χ1) is 12.0. The molecule has 0 fully saturated rings. The number of aromatic nitrogens is 4. The standard InChI is InChI=1S/C17H17N5O2S/c1-9-3-4-10(2)13(5-9)19-14(23)6-11-8-25-17-20-15-12(7-18-21-15)16(24)22(11)17/h3-5,7,11H,6,8H2,1-2H3,(H,18,21)(H,19,23). The molecule has 0 saturated heterocycles. The Morgan fingerprint density at radius 2 is 2.28 bits per heavy atom. The van der Waals surface area contributed by atoms with Gasteiger partial charge in [-0.05, 0) is 31.0 Å². The number of nitrogens with zero attached hydrogens (tertiary/aromatic N) is 3. The monoisotopic (exact) mass is 355 g/mol. The number of hydrogen-bond acceptors (Lipinski definition) is 5. The van der Waals surface area contributed by atoms with Gasteiger partial charge in [0.15, 0.2) is 10.8 Å². The van der Waals surface area contributed by atoms with Gasteiger partial charge < -0.3 is 5.32 Å². The Labute approximate surface area is 147 Å². The molecule has 4 rings (SSSR count). The van der Waals surface area contributed by atoms with Crippen molar-refractivity contribution in [1.29, 1.82) is 0 Å². The van der Waals surface area contributed by atoms with Crippen molar-refractivity contribution in [2.45, 2.75) is 31.5 Å². The fraction of sp³-hybridized carbons (Fsp3) is 0.294. The van der Waals surface area contributed by atoms with Gasteiger partial charge in [-0.2, -0.15) is 5.10 Å². The topological polar surface area (TPSA) is 92.7 Å². The minimum absolute atomic E-state index is 0.105. The highest BCUT2D eigenvalue weighted by molar-refractivity contribution is 7.99. The van der Waals surface area contributed by atoms with Gasteiger partial charge in [-0.3, -0.25) is 19.3 Å². The normalized spacial score (nSPS) is 16.2. The summed E-state index contributed by atoms with van der Waals surface area (Å²) in [7, 11) is 0. The second-order valence-electron chi connectivity index (χ2n) is 6.24. The van der Waals surface area contributed by atoms with Crippen LogP contribution in [0.25, 0.3) is 11.0 Å². The van der Waals surface area contributed by atoms with Crippen molar-refractivity contribution in [1.82, 2.24) is 19.7 Å². The summed E-state index contributed by atoms with van der Waals surface area (Å²) in [5, 5.41) is 10.6. The molecule has 2 aromatic heterocycles. The van der Waals surface area contributed by atoms with Gasteiger partial charge in [-0.1, -0.05) is 23.9 Å². The second kappa shape index (κ2) is 6.03. The molecule has 1 aliphatic heterocycles. The molecule has 1 atom stereocenters. The molecular formula is C17H17N5O2S. The second-order valence-corrected chi connectivity index (χ2v) is 7.22. The summed E-state index contributed by atoms with van der Waals surface area (Å²) in [5.74, 6) is 0.550. The van der Waals surface area contributed by atoms with Crippen molar-refractivity contribution < 1.29 is 4.79 Å². The summed E-state index contributed by atoms with van der Waals surface area (Å²) >= 11 is 1.49. The molecule has 0 spiro atoms. The molecule has 3 aromatic rings. The summed E-state index contributed by atoms with van der Waals surface area (Å²) in [4.78, 5) is 29.6. The Morgan fingerprint density at radius 1 is 1.44 bits per heavy atom. The lowest BCUT2D eigenvalue weighted by molar-refractivity contribution is -0.116. The van der Waals surface area contributed by atoms with Crippen LogP contribution in [0.1, 0.15) is 23.6 Å². The van der Waals surface area contributed by atoms with E-state index in [9.17, 15) is 9.59 Å². The average Bonchev–Trinajstić information content (AvgIpc) is 3.19. The van der Waals surface area contributed by atoms with Crippen molar-refractivity contribution in [3.8, 4) is 0 Å². The average molecular weight is 355 g/mol. The Morgan fingerprint density at radius 3 is 3.12 bits per heavy atom. The predicted molar refractivity (Wildman–Crippen MR) is 97.1 cm³/mol. The third-order valence-electron chi connectivity index (χ3n) is 4.34. The minimum atomic E-state index is -0.204. The van der Waals surface area contributed by atoms with E-state index in [-0.39, 0.29) is 23.9 Å². The number of rotatable bonds is 3. The molecule has 0 saturated carbocycles. The maximum absolute atomic E-state index is 12.6. The summed E-state index contributed by atoms with van der Waals surface area (Å²) in [6, 6.07) is 5.74. The number of carbonyl (C=O) groups excluding carboxylic acids is 1. The fourth-order valence-corrected chi connectivity index (χ4v) is 4.13. The lowest BCUT2D eigenvalue weighted by atomic mass is 10.1. The van der Waals surface area contributed by atoms with E-state index in [4.69, 9.17) is 0 Å². The molecule has 2 N–H and O–H groups in total. The van der Waals surface area contributed by atoms with Gasteiger partial charge in [0.25, 0.3) is 5.56 Å². The van der Waals surface area contributed by atoms with Gasteiger partial charge in [0, 0.05) is 17.9 Å². The van der Waals surface area contributed by atoms with Gasteiger partial charge in [0.05, 0.1) is 12.2 Å². The lowest BCUT2D eigenvalue weighted by Crippen LogP contribution is -2.27. The van der Waals surface area contributed by atoms with Crippen LogP contribution in [0, 0.1) is 13.8 Å². The van der Waals surface area contributed by atoms with Crippen LogP contribution < -0.4 is 10.9 Å². The number of nitrogens with one attached hydrogen (secondary N) is 2. The van der Waals surface area contributed by atoms with Gasteiger partial charge in [0.2, 0.25) is 5.91 Å². The smallest absolute Gasteiger partial charge is 0.265 e. The van der Waals surface area contributed by atoms with E-state index in [1.54, 1.807) is 4.57 Å². The number of fused-ring (bicyclic) bond motifs is 2. The Kier molecular flexibility index (Phi) is 3.84. The van der Waals surface area contributed by atoms with Crippen molar-refractivity contribution in [2.75, 3.05) is 11.1 Å². The van der Waals surface area contributed by atoms with Crippen molar-refractivity contribution in [3.63, 3.8) is 0 Å². The number of amides is 1. The Hall–Kier alpha value is -2.61. The van der Waals surface area contributed by atoms with E-state index in [1.807, 2.05) is 32.0 Å². The highest BCUT2D eigenvalue weighted by atomic mass is 32.2. The molecule has 128 valence electrons. The number of anilines is 1. The number of benzene rings is 1. The summed E-state index contributed by atoms with van der Waals surface area (Å²) in [5.41, 5.74) is 3.25. The molecular weight excluding hydrogens is 338 g/mol. The van der Waals surface area contributed by atoms with E-state index in [2.05, 4.69) is 20.5 Å². The number of aryl methyl sites for hydroxylation is 2. The van der Waals surface area contributed by atoms with Crippen molar-refractivity contribution >= 4 is 34.4 Å². The molecule has 8 heteroatoms. The van der Waals surface area contributed by atoms with E-state index >= 15 is 0 Å². The predicted octanol–water partition coefficient (Wildman–Crippen LogP) is 2.41. The number of thioether (sulfide) groups is 1. The van der Waals surface area contributed by atoms with Crippen LogP contribution in [0.5, 0.6) is 0 Å². The molecule has 1 amide bonds. The van der Waals surface area contributed by atoms with E-state index in [0.717, 1.165) is 16.8 Å². The third-order valence-corrected chi connectivity index (χ3v) is 5.44. The highest BCUT2D eigenvalue weighted by Gasteiger charge is 2.28. The maximum atomic E-state index is 12.6. The number of H-pyrrole nitrogens is 1. The first kappa shape index (κ1) is 15.9. The number of carbonyl (C=O) groups is 1. The van der Waals surface area contributed by atoms with Gasteiger partial charge in [-0.25, -0.2) is 4.98 Å². The minimum Gasteiger partial charge on any atom is -0.326 e. The van der Waals surface area contributed by atoms with Crippen LogP contribution in [-0.2, 0) is 4.79 Å². The summed E-state index contributed by atoms with van der Waals surface area (Å²) in [6.07, 6.45) is 1.71. The largest absolute Gasteiger partial charge is 0.326 e. The van der Waals surface area contributed by atoms with Crippen LogP contribution in [0.3, 0.4) is 0 Å². The molecule has 1 aromatic carbocycles. The fourth-order valence-electron chi connectivity index (χ4n) is 2.99. The van der Waals surface area contributed by atoms with Crippen LogP contribution in [0.2, 0.25) is 0 Å². The maximum Gasteiger partial charge on any atom is 0.265 e. The third kappa shape index (κ3) is 2.82. The first-order valence-electron chi connectivity index (χ1n) is 7.98. The molecule has 0 bridgehead atoms. The van der Waals surface area contributed by atoms with Crippen LogP contribution >= 0.6 is 11.8 Å². The van der Waals surface area contributed by atoms with Crippen molar-refractivity contribution in [2.24, 2.45) is 0 Å². The molecule has 1 unspecified atom stereocenters. The molecule has 25 heavy (non-hydrogen) atoms. The van der Waals surface area contributed by atoms with Gasteiger partial charge in [-0.15, -0.1) is 0 Å². The van der Waals surface area contributed by atoms with E-state index < -0.39 is 0 Å². The zero-order chi connectivity index (χ0) is 17.6. The van der Waals surface area contributed by atoms with Crippen LogP contribution in [0.15, 0.2) is 34.3 Å². The van der Waals surface area contributed by atoms with E-state index in [0.29, 0.717) is 21.9 Å². The highest BCUT2D eigenvalue weighted by Crippen LogP contribution is 2.33. The molecule has 1 aliphatic rings. The van der Waals surface area contributed by atoms with Crippen LogP contribution in [0.4, 0.5) is 5.69 Å². The van der Waals surface area contributed by atoms with Gasteiger partial charge >= 0.3 is 0 Å². The molecule has 3 heterocycles. The van der Waals surface area contributed by atoms with Gasteiger partial charge in [0.1, 0.15) is 5.39 Å². The SMILES string of the molecule is Cc1ccc(C)c(NC(=O)CC2CSc3nc4[nH]ncc4c(=O)n32)c1. The molecule has 0 radical (unpaired) electrons. The molecule has 0 aliphatic carbocycles.